The predicted molar refractivity (Wildman–Crippen MR) is 227 cm³/mol. The number of amidine groups is 2. The third kappa shape index (κ3) is 7.58. The van der Waals surface area contributed by atoms with E-state index in [1.165, 1.54) is 17.8 Å². The summed E-state index contributed by atoms with van der Waals surface area (Å²) in [6.07, 6.45) is 13.4. The lowest BCUT2D eigenvalue weighted by Gasteiger charge is -2.69. The maximum absolute atomic E-state index is 10.7. The van der Waals surface area contributed by atoms with Gasteiger partial charge in [0.2, 0.25) is 5.13 Å². The van der Waals surface area contributed by atoms with Gasteiger partial charge in [-0.25, -0.2) is 9.98 Å². The Bertz CT molecular complexity index is 2210. The SMILES string of the molecule is CC(/C(N)=N/c1nc2ccccc2s1)=C1\CCCN(C2=CC=C(c3cnn(CC45CC6(OCCNC(CO)CO)C[C@](C)(C4)C[C@](C)(C5)C6)c3C)C(=C(O)O)N2)C1=N. The molecule has 2 aliphatic heterocycles. The van der Waals surface area contributed by atoms with Crippen molar-refractivity contribution in [2.24, 2.45) is 27.0 Å². The van der Waals surface area contributed by atoms with Crippen molar-refractivity contribution in [3.63, 3.8) is 0 Å². The lowest BCUT2D eigenvalue weighted by Crippen LogP contribution is -2.64. The van der Waals surface area contributed by atoms with Crippen molar-refractivity contribution in [3.05, 3.63) is 82.5 Å². The van der Waals surface area contributed by atoms with Crippen LogP contribution in [0.5, 0.6) is 0 Å². The summed E-state index contributed by atoms with van der Waals surface area (Å²) >= 11 is 1.47. The van der Waals surface area contributed by atoms with Crippen molar-refractivity contribution in [2.45, 2.75) is 97.2 Å². The number of benzene rings is 1. The topological polar surface area (TPSA) is 210 Å². The highest BCUT2D eigenvalue weighted by Gasteiger charge is 2.66. The normalized spacial score (nSPS) is 29.3. The number of nitrogens with one attached hydrogen (secondary N) is 3. The molecule has 9 N–H and O–H groups in total. The maximum atomic E-state index is 10.7. The molecule has 58 heavy (non-hydrogen) atoms. The first-order valence-corrected chi connectivity index (χ1v) is 21.2. The van der Waals surface area contributed by atoms with Gasteiger partial charge in [-0.1, -0.05) is 37.3 Å². The highest BCUT2D eigenvalue weighted by molar-refractivity contribution is 7.22. The van der Waals surface area contributed by atoms with Crippen molar-refractivity contribution in [3.8, 4) is 0 Å². The molecule has 2 aromatic heterocycles. The van der Waals surface area contributed by atoms with Gasteiger partial charge in [-0.3, -0.25) is 10.1 Å². The molecule has 1 saturated heterocycles. The molecule has 4 aliphatic carbocycles. The number of likely N-dealkylation sites (tertiary alicyclic amines) is 1. The highest BCUT2D eigenvalue weighted by Crippen LogP contribution is 2.72. The first kappa shape index (κ1) is 40.2. The van der Waals surface area contributed by atoms with Crippen LogP contribution >= 0.6 is 11.3 Å². The summed E-state index contributed by atoms with van der Waals surface area (Å²) in [6, 6.07) is 7.50. The molecule has 310 valence electrons. The Balaban J connectivity index is 1.02. The summed E-state index contributed by atoms with van der Waals surface area (Å²) in [5.41, 5.74) is 11.4. The summed E-state index contributed by atoms with van der Waals surface area (Å²) in [5.74, 6) is 0.307. The number of hydrogen-bond donors (Lipinski definition) is 8. The molecule has 9 rings (SSSR count). The van der Waals surface area contributed by atoms with Crippen molar-refractivity contribution in [2.75, 3.05) is 32.9 Å². The zero-order chi connectivity index (χ0) is 41.0. The number of ether oxygens (including phenoxy) is 1. The number of nitrogens with two attached hydrogens (primary N) is 1. The summed E-state index contributed by atoms with van der Waals surface area (Å²) in [7, 11) is 0. The van der Waals surface area contributed by atoms with Gasteiger partial charge in [0, 0.05) is 42.0 Å². The van der Waals surface area contributed by atoms with Gasteiger partial charge >= 0.3 is 0 Å². The van der Waals surface area contributed by atoms with Gasteiger partial charge in [-0.15, -0.1) is 0 Å². The second kappa shape index (κ2) is 15.2. The molecule has 4 heterocycles. The van der Waals surface area contributed by atoms with E-state index in [1.54, 1.807) is 0 Å². The smallest absolute Gasteiger partial charge is 0.299 e. The van der Waals surface area contributed by atoms with Crippen LogP contribution < -0.4 is 16.4 Å². The number of fused-ring (bicyclic) bond motifs is 1. The van der Waals surface area contributed by atoms with Gasteiger partial charge in [-0.2, -0.15) is 5.10 Å². The third-order valence-electron chi connectivity index (χ3n) is 13.1. The van der Waals surface area contributed by atoms with Crippen LogP contribution in [0.1, 0.15) is 83.4 Å². The van der Waals surface area contributed by atoms with Crippen LogP contribution in [-0.4, -0.2) is 96.3 Å². The zero-order valence-corrected chi connectivity index (χ0v) is 34.8. The van der Waals surface area contributed by atoms with Crippen LogP contribution in [0.4, 0.5) is 5.13 Å². The fraction of sp³-hybridized carbons (Fsp3) is 0.535. The molecule has 0 radical (unpaired) electrons. The van der Waals surface area contributed by atoms with Crippen molar-refractivity contribution >= 4 is 43.9 Å². The molecule has 6 aliphatic rings. The Kier molecular flexibility index (Phi) is 10.6. The summed E-state index contributed by atoms with van der Waals surface area (Å²) in [5, 5.41) is 61.4. The lowest BCUT2D eigenvalue weighted by molar-refractivity contribution is -0.247. The number of aliphatic hydroxyl groups is 4. The minimum atomic E-state index is -0.841. The Morgan fingerprint density at radius 2 is 1.83 bits per heavy atom. The molecule has 4 saturated carbocycles. The number of thiazole rings is 1. The van der Waals surface area contributed by atoms with E-state index in [1.807, 2.05) is 61.4 Å². The number of rotatable bonds is 13. The van der Waals surface area contributed by atoms with Crippen LogP contribution in [0.15, 0.2) is 76.2 Å². The molecule has 4 atom stereocenters. The molecule has 1 aromatic carbocycles. The molecule has 2 unspecified atom stereocenters. The quantitative estimate of drug-likeness (QED) is 0.0430. The van der Waals surface area contributed by atoms with Crippen LogP contribution in [0.2, 0.25) is 0 Å². The van der Waals surface area contributed by atoms with Gasteiger partial charge in [0.15, 0.2) is 0 Å². The number of hydrogen-bond acceptors (Lipinski definition) is 12. The first-order chi connectivity index (χ1) is 27.7. The van der Waals surface area contributed by atoms with Crippen molar-refractivity contribution < 1.29 is 25.2 Å². The Morgan fingerprint density at radius 3 is 2.53 bits per heavy atom. The number of aliphatic hydroxyl groups excluding tert-OH is 3. The largest absolute Gasteiger partial charge is 0.480 e. The van der Waals surface area contributed by atoms with E-state index < -0.39 is 5.95 Å². The van der Waals surface area contributed by atoms with Crippen LogP contribution in [-0.2, 0) is 11.3 Å². The average molecular weight is 812 g/mol. The zero-order valence-electron chi connectivity index (χ0n) is 33.9. The monoisotopic (exact) mass is 811 g/mol. The molecule has 5 fully saturated rings. The number of para-hydroxylation sites is 1. The minimum absolute atomic E-state index is 0.0109. The first-order valence-electron chi connectivity index (χ1n) is 20.4. The van der Waals surface area contributed by atoms with E-state index in [4.69, 9.17) is 15.6 Å². The van der Waals surface area contributed by atoms with Gasteiger partial charge < -0.3 is 46.4 Å². The van der Waals surface area contributed by atoms with E-state index >= 15 is 0 Å². The van der Waals surface area contributed by atoms with E-state index in [0.717, 1.165) is 77.7 Å². The second-order valence-corrected chi connectivity index (χ2v) is 19.2. The standard InChI is InChI=1S/C43H57N9O5S/c1-26(36(44)50-39-48-32-9-5-6-10-33(32)58-39)29-8-7-14-51(37(29)45)34-12-11-30(35(49-34)38(55)56)31-16-47-52(27(31)2)25-42-20-40(3)19-41(4,21-42)23-43(22-40,24-42)57-15-13-46-28(17-53)18-54/h5-6,9-12,16,28,45-46,49,53-56H,7-8,13-15,17-25H2,1-4H3,(H2,44,48,50)/b29-26-,45-37?/t40-,41+,42?,43?. The van der Waals surface area contributed by atoms with E-state index in [9.17, 15) is 25.8 Å². The summed E-state index contributed by atoms with van der Waals surface area (Å²) < 4.78 is 9.92. The Labute approximate surface area is 343 Å². The molecular weight excluding hydrogens is 755 g/mol. The van der Waals surface area contributed by atoms with E-state index in [-0.39, 0.29) is 52.6 Å². The second-order valence-electron chi connectivity index (χ2n) is 18.2. The number of aromatic nitrogens is 3. The van der Waals surface area contributed by atoms with Gasteiger partial charge in [-0.05, 0) is 111 Å². The van der Waals surface area contributed by atoms with Gasteiger partial charge in [0.25, 0.3) is 5.95 Å². The van der Waals surface area contributed by atoms with Crippen molar-refractivity contribution in [1.29, 1.82) is 5.41 Å². The highest BCUT2D eigenvalue weighted by atomic mass is 32.1. The number of nitrogens with zero attached hydrogens (tertiary/aromatic N) is 5. The minimum Gasteiger partial charge on any atom is -0.480 e. The molecule has 0 spiro atoms. The number of aliphatic imine (C=N–C) groups is 1. The molecule has 15 heteroatoms. The van der Waals surface area contributed by atoms with Crippen LogP contribution in [0.3, 0.4) is 0 Å². The maximum Gasteiger partial charge on any atom is 0.299 e. The molecule has 3 aromatic rings. The fourth-order valence-electron chi connectivity index (χ4n) is 11.8. The Hall–Kier alpha value is -4.54. The van der Waals surface area contributed by atoms with Gasteiger partial charge in [0.1, 0.15) is 23.2 Å². The van der Waals surface area contributed by atoms with E-state index in [2.05, 4.69) is 39.1 Å². The Morgan fingerprint density at radius 1 is 1.09 bits per heavy atom. The number of piperidine rings is 1. The van der Waals surface area contributed by atoms with Crippen LogP contribution in [0, 0.1) is 28.6 Å². The average Bonchev–Trinajstić information content (AvgIpc) is 3.74. The molecular formula is C43H57N9O5S. The fourth-order valence-corrected chi connectivity index (χ4v) is 12.6. The van der Waals surface area contributed by atoms with Crippen LogP contribution in [0.25, 0.3) is 15.8 Å². The summed E-state index contributed by atoms with van der Waals surface area (Å²) in [4.78, 5) is 11.0. The molecule has 14 nitrogen and oxygen atoms in total. The van der Waals surface area contributed by atoms with Gasteiger partial charge in [0.05, 0.1) is 47.9 Å². The van der Waals surface area contributed by atoms with Crippen molar-refractivity contribution in [1.82, 2.24) is 30.3 Å². The van der Waals surface area contributed by atoms with E-state index in [0.29, 0.717) is 48.5 Å². The summed E-state index contributed by atoms with van der Waals surface area (Å²) in [6.45, 7) is 10.9. The molecule has 0 amide bonds. The number of allylic oxidation sites excluding steroid dienone is 3. The number of dihydropyridines is 1. The lowest BCUT2D eigenvalue weighted by atomic mass is 9.39. The third-order valence-corrected chi connectivity index (χ3v) is 14.0. The predicted octanol–water partition coefficient (Wildman–Crippen LogP) is 6.07. The molecule has 4 bridgehead atoms.